The standard InChI is InChI=1S/C30H27N3O6S/c1-17-26(28(35)32-19-8-6-5-7-9-19)27(21-12-11-20(37-2)16-23(21)38-3)33-29(36)25(40-30(33)31-17)15-18-10-13-22(34)24(14-18)39-4/h5-16,27,34H,1-4H3,(H,32,35)/b25-15-/t27-/m1/s1. The fourth-order valence-electron chi connectivity index (χ4n) is 4.61. The normalized spacial score (nSPS) is 14.8. The van der Waals surface area contributed by atoms with E-state index in [4.69, 9.17) is 14.2 Å². The summed E-state index contributed by atoms with van der Waals surface area (Å²) in [5.74, 6) is 0.940. The quantitative estimate of drug-likeness (QED) is 0.359. The minimum absolute atomic E-state index is 0.00240. The average Bonchev–Trinajstić information content (AvgIpc) is 3.27. The minimum Gasteiger partial charge on any atom is -0.504 e. The highest BCUT2D eigenvalue weighted by atomic mass is 32.1. The van der Waals surface area contributed by atoms with Gasteiger partial charge in [0.25, 0.3) is 11.5 Å². The summed E-state index contributed by atoms with van der Waals surface area (Å²) < 4.78 is 18.2. The molecular weight excluding hydrogens is 530 g/mol. The first kappa shape index (κ1) is 26.8. The van der Waals surface area contributed by atoms with Crippen molar-refractivity contribution in [3.63, 3.8) is 0 Å². The highest BCUT2D eigenvalue weighted by Gasteiger charge is 2.34. The molecule has 0 aliphatic carbocycles. The third-order valence-electron chi connectivity index (χ3n) is 6.53. The predicted octanol–water partition coefficient (Wildman–Crippen LogP) is 3.61. The van der Waals surface area contributed by atoms with Crippen LogP contribution in [0.15, 0.2) is 87.8 Å². The van der Waals surface area contributed by atoms with E-state index in [1.54, 1.807) is 62.6 Å². The van der Waals surface area contributed by atoms with Crippen LogP contribution in [0.25, 0.3) is 6.08 Å². The summed E-state index contributed by atoms with van der Waals surface area (Å²) in [7, 11) is 4.54. The van der Waals surface area contributed by atoms with Gasteiger partial charge < -0.3 is 24.6 Å². The van der Waals surface area contributed by atoms with Gasteiger partial charge in [0.1, 0.15) is 17.5 Å². The van der Waals surface area contributed by atoms with E-state index in [9.17, 15) is 14.7 Å². The Morgan fingerprint density at radius 2 is 1.75 bits per heavy atom. The molecule has 0 radical (unpaired) electrons. The van der Waals surface area contributed by atoms with Crippen LogP contribution in [0.2, 0.25) is 0 Å². The number of phenols is 1. The number of carbonyl (C=O) groups excluding carboxylic acids is 1. The molecule has 1 aliphatic heterocycles. The lowest BCUT2D eigenvalue weighted by Crippen LogP contribution is -2.40. The molecule has 40 heavy (non-hydrogen) atoms. The highest BCUT2D eigenvalue weighted by Crippen LogP contribution is 2.37. The molecular formula is C30H27N3O6S. The number of methoxy groups -OCH3 is 3. The van der Waals surface area contributed by atoms with E-state index in [0.717, 1.165) is 0 Å². The van der Waals surface area contributed by atoms with Gasteiger partial charge in [-0.25, -0.2) is 4.99 Å². The van der Waals surface area contributed by atoms with Crippen molar-refractivity contribution < 1.29 is 24.1 Å². The number of nitrogens with one attached hydrogen (secondary N) is 1. The SMILES string of the molecule is COc1ccc([C@@H]2C(C(=O)Nc3ccccc3)=C(C)N=c3s/c(=C\c4ccc(O)c(OC)c4)c(=O)n32)c(OC)c1. The van der Waals surface area contributed by atoms with Gasteiger partial charge in [0.05, 0.1) is 37.1 Å². The van der Waals surface area contributed by atoms with E-state index in [0.29, 0.717) is 48.9 Å². The summed E-state index contributed by atoms with van der Waals surface area (Å²) in [4.78, 5) is 32.8. The first-order valence-corrected chi connectivity index (χ1v) is 13.1. The molecule has 9 nitrogen and oxygen atoms in total. The number of allylic oxidation sites excluding steroid dienone is 1. The molecule has 0 fully saturated rings. The molecule has 5 rings (SSSR count). The second-order valence-electron chi connectivity index (χ2n) is 8.94. The van der Waals surface area contributed by atoms with Gasteiger partial charge in [0, 0.05) is 17.3 Å². The van der Waals surface area contributed by atoms with Crippen LogP contribution in [0, 0.1) is 0 Å². The van der Waals surface area contributed by atoms with Crippen molar-refractivity contribution in [3.05, 3.63) is 109 Å². The number of phenolic OH excluding ortho intramolecular Hbond substituents is 1. The number of hydrogen-bond acceptors (Lipinski definition) is 8. The van der Waals surface area contributed by atoms with Gasteiger partial charge in [-0.15, -0.1) is 0 Å². The molecule has 1 aromatic heterocycles. The van der Waals surface area contributed by atoms with Crippen molar-refractivity contribution >= 4 is 29.0 Å². The Kier molecular flexibility index (Phi) is 7.43. The van der Waals surface area contributed by atoms with Gasteiger partial charge in [-0.1, -0.05) is 35.6 Å². The van der Waals surface area contributed by atoms with Crippen LogP contribution in [0.5, 0.6) is 23.0 Å². The number of ether oxygens (including phenoxy) is 3. The van der Waals surface area contributed by atoms with Crippen molar-refractivity contribution in [2.24, 2.45) is 4.99 Å². The molecule has 1 atom stereocenters. The highest BCUT2D eigenvalue weighted by molar-refractivity contribution is 7.07. The summed E-state index contributed by atoms with van der Waals surface area (Å²) in [6.07, 6.45) is 1.71. The van der Waals surface area contributed by atoms with Crippen LogP contribution in [0.1, 0.15) is 24.1 Å². The monoisotopic (exact) mass is 557 g/mol. The maximum Gasteiger partial charge on any atom is 0.271 e. The van der Waals surface area contributed by atoms with Gasteiger partial charge in [0.2, 0.25) is 0 Å². The van der Waals surface area contributed by atoms with Gasteiger partial charge in [-0.2, -0.15) is 0 Å². The number of hydrogen-bond donors (Lipinski definition) is 2. The molecule has 0 bridgehead atoms. The van der Waals surface area contributed by atoms with E-state index in [2.05, 4.69) is 10.3 Å². The number of rotatable bonds is 7. The Hall–Kier alpha value is -4.83. The summed E-state index contributed by atoms with van der Waals surface area (Å²) in [5, 5.41) is 12.9. The fourth-order valence-corrected chi connectivity index (χ4v) is 5.65. The number of amides is 1. The summed E-state index contributed by atoms with van der Waals surface area (Å²) in [6, 6.07) is 18.4. The van der Waals surface area contributed by atoms with Crippen molar-refractivity contribution in [3.8, 4) is 23.0 Å². The van der Waals surface area contributed by atoms with Crippen molar-refractivity contribution in [2.45, 2.75) is 13.0 Å². The first-order chi connectivity index (χ1) is 19.3. The van der Waals surface area contributed by atoms with E-state index >= 15 is 0 Å². The summed E-state index contributed by atoms with van der Waals surface area (Å²) >= 11 is 1.21. The molecule has 4 aromatic rings. The largest absolute Gasteiger partial charge is 0.504 e. The smallest absolute Gasteiger partial charge is 0.271 e. The fraction of sp³-hybridized carbons (Fsp3) is 0.167. The zero-order valence-electron chi connectivity index (χ0n) is 22.3. The van der Waals surface area contributed by atoms with E-state index in [-0.39, 0.29) is 23.0 Å². The number of carbonyl (C=O) groups is 1. The Labute approximate surface area is 233 Å². The van der Waals surface area contributed by atoms with Crippen LogP contribution in [0.3, 0.4) is 0 Å². The Morgan fingerprint density at radius 1 is 1.00 bits per heavy atom. The van der Waals surface area contributed by atoms with Crippen molar-refractivity contribution in [1.82, 2.24) is 4.57 Å². The van der Waals surface area contributed by atoms with Gasteiger partial charge >= 0.3 is 0 Å². The molecule has 1 amide bonds. The van der Waals surface area contributed by atoms with Crippen LogP contribution in [-0.2, 0) is 4.79 Å². The van der Waals surface area contributed by atoms with Gasteiger partial charge in [-0.05, 0) is 55.0 Å². The minimum atomic E-state index is -0.822. The lowest BCUT2D eigenvalue weighted by atomic mass is 9.94. The predicted molar refractivity (Wildman–Crippen MR) is 153 cm³/mol. The summed E-state index contributed by atoms with van der Waals surface area (Å²) in [5.41, 5.74) is 2.36. The second-order valence-corrected chi connectivity index (χ2v) is 9.95. The Morgan fingerprint density at radius 3 is 2.45 bits per heavy atom. The lowest BCUT2D eigenvalue weighted by molar-refractivity contribution is -0.113. The first-order valence-electron chi connectivity index (χ1n) is 12.3. The number of para-hydroxylation sites is 1. The third kappa shape index (κ3) is 4.96. The second kappa shape index (κ2) is 11.1. The lowest BCUT2D eigenvalue weighted by Gasteiger charge is -2.26. The molecule has 1 aliphatic rings. The molecule has 0 saturated heterocycles. The molecule has 0 unspecified atom stereocenters. The topological polar surface area (TPSA) is 111 Å². The van der Waals surface area contributed by atoms with E-state index in [1.165, 1.54) is 36.2 Å². The molecule has 204 valence electrons. The maximum absolute atomic E-state index is 14.0. The van der Waals surface area contributed by atoms with Crippen LogP contribution < -0.4 is 34.4 Å². The van der Waals surface area contributed by atoms with E-state index < -0.39 is 6.04 Å². The Balaban J connectivity index is 1.71. The van der Waals surface area contributed by atoms with Crippen molar-refractivity contribution in [2.75, 3.05) is 26.6 Å². The van der Waals surface area contributed by atoms with Crippen LogP contribution >= 0.6 is 11.3 Å². The molecule has 10 heteroatoms. The maximum atomic E-state index is 14.0. The number of benzene rings is 3. The Bertz CT molecular complexity index is 1810. The van der Waals surface area contributed by atoms with Crippen LogP contribution in [-0.4, -0.2) is 36.9 Å². The number of anilines is 1. The molecule has 2 heterocycles. The van der Waals surface area contributed by atoms with Crippen LogP contribution in [0.4, 0.5) is 5.69 Å². The summed E-state index contributed by atoms with van der Waals surface area (Å²) in [6.45, 7) is 1.75. The zero-order valence-corrected chi connectivity index (χ0v) is 23.1. The third-order valence-corrected chi connectivity index (χ3v) is 7.52. The van der Waals surface area contributed by atoms with E-state index in [1.807, 2.05) is 18.2 Å². The number of aromatic hydroxyl groups is 1. The number of nitrogens with zero attached hydrogens (tertiary/aromatic N) is 2. The zero-order chi connectivity index (χ0) is 28.4. The number of thiazole rings is 1. The molecule has 2 N–H and O–H groups in total. The molecule has 3 aromatic carbocycles. The molecule has 0 spiro atoms. The number of aromatic nitrogens is 1. The number of fused-ring (bicyclic) bond motifs is 1. The van der Waals surface area contributed by atoms with Gasteiger partial charge in [-0.3, -0.25) is 14.2 Å². The van der Waals surface area contributed by atoms with Gasteiger partial charge in [0.15, 0.2) is 16.3 Å². The average molecular weight is 558 g/mol. The van der Waals surface area contributed by atoms with Crippen molar-refractivity contribution in [1.29, 1.82) is 0 Å². The molecule has 0 saturated carbocycles.